The average Bonchev–Trinajstić information content (AvgIpc) is 2.72. The Hall–Kier alpha value is -3.29. The first-order chi connectivity index (χ1) is 13.2. The van der Waals surface area contributed by atoms with Crippen LogP contribution >= 0.6 is 0 Å². The second-order valence-electron chi connectivity index (χ2n) is 6.65. The lowest BCUT2D eigenvalue weighted by molar-refractivity contribution is 0.0946. The Balaban J connectivity index is 1.34. The van der Waals surface area contributed by atoms with E-state index in [1.807, 2.05) is 12.1 Å². The summed E-state index contributed by atoms with van der Waals surface area (Å²) in [6, 6.07) is 7.15. The molecule has 8 nitrogen and oxygen atoms in total. The minimum Gasteiger partial charge on any atom is -0.384 e. The molecule has 3 heterocycles. The van der Waals surface area contributed by atoms with Crippen molar-refractivity contribution in [2.45, 2.75) is 12.8 Å². The maximum absolute atomic E-state index is 12.6. The zero-order valence-corrected chi connectivity index (χ0v) is 14.9. The van der Waals surface area contributed by atoms with Gasteiger partial charge in [-0.2, -0.15) is 4.98 Å². The molecule has 1 aliphatic rings. The number of aromatic nitrogens is 4. The predicted octanol–water partition coefficient (Wildman–Crippen LogP) is 1.65. The van der Waals surface area contributed by atoms with E-state index in [1.54, 1.807) is 30.7 Å². The summed E-state index contributed by atoms with van der Waals surface area (Å²) in [5, 5.41) is 3.05. The minimum absolute atomic E-state index is 0.109. The molecule has 0 saturated carbocycles. The molecule has 0 radical (unpaired) electrons. The van der Waals surface area contributed by atoms with Gasteiger partial charge in [0.05, 0.1) is 11.1 Å². The van der Waals surface area contributed by atoms with E-state index in [9.17, 15) is 4.79 Å². The van der Waals surface area contributed by atoms with Gasteiger partial charge >= 0.3 is 0 Å². The number of nitrogens with one attached hydrogen (secondary N) is 1. The highest BCUT2D eigenvalue weighted by Gasteiger charge is 2.22. The Morgan fingerprint density at radius 3 is 2.74 bits per heavy atom. The molecule has 1 saturated heterocycles. The number of carbonyl (C=O) groups is 1. The van der Waals surface area contributed by atoms with E-state index in [-0.39, 0.29) is 5.91 Å². The molecule has 3 aromatic rings. The number of fused-ring (bicyclic) bond motifs is 1. The van der Waals surface area contributed by atoms with E-state index < -0.39 is 0 Å². The number of nitrogen functional groups attached to an aromatic ring is 1. The highest BCUT2D eigenvalue weighted by Crippen LogP contribution is 2.21. The summed E-state index contributed by atoms with van der Waals surface area (Å²) in [6.07, 6.45) is 6.84. The standard InChI is InChI=1S/C19H21N7O/c20-16-4-7-23-19(25-16)26-10-5-13(6-11-26)12-24-18(27)14-2-1-3-15-17(14)22-9-8-21-15/h1-4,7-9,13H,5-6,10-12H2,(H,24,27)(H2,20,23,25). The van der Waals surface area contributed by atoms with Crippen LogP contribution in [0.25, 0.3) is 11.0 Å². The molecule has 1 amide bonds. The van der Waals surface area contributed by atoms with Gasteiger partial charge < -0.3 is 16.0 Å². The highest BCUT2D eigenvalue weighted by molar-refractivity contribution is 6.04. The lowest BCUT2D eigenvalue weighted by Crippen LogP contribution is -2.39. The Morgan fingerprint density at radius 1 is 1.11 bits per heavy atom. The number of rotatable bonds is 4. The molecule has 138 valence electrons. The number of para-hydroxylation sites is 1. The first-order valence-electron chi connectivity index (χ1n) is 9.02. The van der Waals surface area contributed by atoms with Crippen molar-refractivity contribution in [2.75, 3.05) is 30.3 Å². The molecule has 0 spiro atoms. The van der Waals surface area contributed by atoms with Gasteiger partial charge in [0.15, 0.2) is 0 Å². The van der Waals surface area contributed by atoms with Crippen LogP contribution in [0.15, 0.2) is 42.9 Å². The van der Waals surface area contributed by atoms with Crippen molar-refractivity contribution >= 4 is 28.7 Å². The van der Waals surface area contributed by atoms with Crippen molar-refractivity contribution in [1.29, 1.82) is 0 Å². The van der Waals surface area contributed by atoms with Crippen LogP contribution in [0.4, 0.5) is 11.8 Å². The van der Waals surface area contributed by atoms with E-state index in [4.69, 9.17) is 5.73 Å². The summed E-state index contributed by atoms with van der Waals surface area (Å²) in [5.41, 5.74) is 7.65. The van der Waals surface area contributed by atoms with Crippen molar-refractivity contribution in [3.63, 3.8) is 0 Å². The molecule has 1 aliphatic heterocycles. The molecule has 1 aromatic carbocycles. The van der Waals surface area contributed by atoms with Crippen LogP contribution in [-0.4, -0.2) is 45.5 Å². The summed E-state index contributed by atoms with van der Waals surface area (Å²) in [6.45, 7) is 2.34. The first-order valence-corrected chi connectivity index (χ1v) is 9.02. The van der Waals surface area contributed by atoms with E-state index in [0.717, 1.165) is 31.4 Å². The molecule has 0 atom stereocenters. The van der Waals surface area contributed by atoms with Crippen LogP contribution in [0.1, 0.15) is 23.2 Å². The third kappa shape index (κ3) is 3.79. The fourth-order valence-electron chi connectivity index (χ4n) is 3.36. The fourth-order valence-corrected chi connectivity index (χ4v) is 3.36. The SMILES string of the molecule is Nc1ccnc(N2CCC(CNC(=O)c3cccc4nccnc34)CC2)n1. The van der Waals surface area contributed by atoms with E-state index in [0.29, 0.717) is 35.3 Å². The summed E-state index contributed by atoms with van der Waals surface area (Å²) in [7, 11) is 0. The van der Waals surface area contributed by atoms with Crippen LogP contribution in [0, 0.1) is 5.92 Å². The molecule has 1 fully saturated rings. The topological polar surface area (TPSA) is 110 Å². The maximum atomic E-state index is 12.6. The van der Waals surface area contributed by atoms with Crippen LogP contribution < -0.4 is 16.0 Å². The third-order valence-electron chi connectivity index (χ3n) is 4.86. The monoisotopic (exact) mass is 363 g/mol. The minimum atomic E-state index is -0.109. The second-order valence-corrected chi connectivity index (χ2v) is 6.65. The Morgan fingerprint density at radius 2 is 1.93 bits per heavy atom. The molecule has 4 rings (SSSR count). The van der Waals surface area contributed by atoms with Gasteiger partial charge in [0.2, 0.25) is 5.95 Å². The molecular weight excluding hydrogens is 342 g/mol. The number of hydrogen-bond donors (Lipinski definition) is 2. The number of hydrogen-bond acceptors (Lipinski definition) is 7. The lowest BCUT2D eigenvalue weighted by Gasteiger charge is -2.32. The highest BCUT2D eigenvalue weighted by atomic mass is 16.1. The second kappa shape index (κ2) is 7.53. The number of anilines is 2. The molecule has 2 aromatic heterocycles. The van der Waals surface area contributed by atoms with Crippen molar-refractivity contribution in [3.05, 3.63) is 48.4 Å². The Kier molecular flexibility index (Phi) is 4.78. The first kappa shape index (κ1) is 17.1. The molecule has 27 heavy (non-hydrogen) atoms. The van der Waals surface area contributed by atoms with Crippen molar-refractivity contribution in [1.82, 2.24) is 25.3 Å². The van der Waals surface area contributed by atoms with Gasteiger partial charge in [-0.1, -0.05) is 6.07 Å². The zero-order valence-electron chi connectivity index (χ0n) is 14.9. The van der Waals surface area contributed by atoms with Crippen molar-refractivity contribution in [3.8, 4) is 0 Å². The molecule has 0 bridgehead atoms. The van der Waals surface area contributed by atoms with Crippen LogP contribution in [-0.2, 0) is 0 Å². The van der Waals surface area contributed by atoms with E-state index in [2.05, 4.69) is 30.2 Å². The summed E-state index contributed by atoms with van der Waals surface area (Å²) < 4.78 is 0. The number of piperidine rings is 1. The van der Waals surface area contributed by atoms with Crippen LogP contribution in [0.5, 0.6) is 0 Å². The summed E-state index contributed by atoms with van der Waals surface area (Å²) in [5.74, 6) is 1.47. The summed E-state index contributed by atoms with van der Waals surface area (Å²) >= 11 is 0. The van der Waals surface area contributed by atoms with Gasteiger partial charge in [0.1, 0.15) is 11.3 Å². The molecular formula is C19H21N7O. The van der Waals surface area contributed by atoms with Crippen LogP contribution in [0.3, 0.4) is 0 Å². The van der Waals surface area contributed by atoms with Gasteiger partial charge in [0.25, 0.3) is 5.91 Å². The van der Waals surface area contributed by atoms with Gasteiger partial charge in [-0.3, -0.25) is 14.8 Å². The van der Waals surface area contributed by atoms with E-state index >= 15 is 0 Å². The largest absolute Gasteiger partial charge is 0.384 e. The van der Waals surface area contributed by atoms with Crippen LogP contribution in [0.2, 0.25) is 0 Å². The number of benzene rings is 1. The van der Waals surface area contributed by atoms with E-state index in [1.165, 1.54) is 0 Å². The number of amides is 1. The van der Waals surface area contributed by atoms with Gasteiger partial charge in [-0.15, -0.1) is 0 Å². The normalized spacial score (nSPS) is 15.0. The average molecular weight is 363 g/mol. The lowest BCUT2D eigenvalue weighted by atomic mass is 9.97. The third-order valence-corrected chi connectivity index (χ3v) is 4.86. The zero-order chi connectivity index (χ0) is 18.6. The van der Waals surface area contributed by atoms with Gasteiger partial charge in [0, 0.05) is 38.2 Å². The van der Waals surface area contributed by atoms with Crippen molar-refractivity contribution in [2.24, 2.45) is 5.92 Å². The Labute approximate surface area is 156 Å². The smallest absolute Gasteiger partial charge is 0.253 e. The number of carbonyl (C=O) groups excluding carboxylic acids is 1. The van der Waals surface area contributed by atoms with Crippen molar-refractivity contribution < 1.29 is 4.79 Å². The fraction of sp³-hybridized carbons (Fsp3) is 0.316. The molecule has 0 unspecified atom stereocenters. The molecule has 3 N–H and O–H groups in total. The number of nitrogens with zero attached hydrogens (tertiary/aromatic N) is 5. The molecule has 8 heteroatoms. The maximum Gasteiger partial charge on any atom is 0.253 e. The summed E-state index contributed by atoms with van der Waals surface area (Å²) in [4.78, 5) is 31.8. The Bertz CT molecular complexity index is 948. The number of nitrogens with two attached hydrogens (primary N) is 1. The quantitative estimate of drug-likeness (QED) is 0.725. The van der Waals surface area contributed by atoms with Gasteiger partial charge in [-0.25, -0.2) is 4.98 Å². The predicted molar refractivity (Wildman–Crippen MR) is 103 cm³/mol. The van der Waals surface area contributed by atoms with Gasteiger partial charge in [-0.05, 0) is 37.0 Å². The molecule has 0 aliphatic carbocycles.